The summed E-state index contributed by atoms with van der Waals surface area (Å²) in [4.78, 5) is 22.5. The Hall–Kier alpha value is -0.620. The minimum atomic E-state index is -1.01. The molecule has 0 saturated heterocycles. The summed E-state index contributed by atoms with van der Waals surface area (Å²) in [5.74, 6) is -1.34. The monoisotopic (exact) mass is 294 g/mol. The highest BCUT2D eigenvalue weighted by molar-refractivity contribution is 9.10. The fourth-order valence-electron chi connectivity index (χ4n) is 1.08. The van der Waals surface area contributed by atoms with E-state index in [2.05, 4.69) is 21.2 Å². The van der Waals surface area contributed by atoms with Crippen molar-refractivity contribution in [3.05, 3.63) is 0 Å². The topological polar surface area (TPSA) is 92.4 Å². The third-order valence-corrected chi connectivity index (χ3v) is 2.45. The Bertz CT molecular complexity index is 251. The number of rotatable bonds is 7. The van der Waals surface area contributed by atoms with Gasteiger partial charge in [0.05, 0.1) is 4.32 Å². The quantitative estimate of drug-likeness (QED) is 0.480. The van der Waals surface area contributed by atoms with E-state index in [-0.39, 0.29) is 5.91 Å². The molecule has 5 nitrogen and oxygen atoms in total. The SMILES string of the molecule is CC(C)(Br)C(=O)N[C@@H](CCCCN)C(=O)O. The Morgan fingerprint density at radius 3 is 2.38 bits per heavy atom. The van der Waals surface area contributed by atoms with E-state index >= 15 is 0 Å². The number of nitrogens with one attached hydrogen (secondary N) is 1. The van der Waals surface area contributed by atoms with E-state index in [1.54, 1.807) is 13.8 Å². The molecule has 0 rings (SSSR count). The van der Waals surface area contributed by atoms with Crippen LogP contribution >= 0.6 is 15.9 Å². The summed E-state index contributed by atoms with van der Waals surface area (Å²) in [7, 11) is 0. The highest BCUT2D eigenvalue weighted by Crippen LogP contribution is 2.16. The van der Waals surface area contributed by atoms with E-state index in [1.807, 2.05) is 0 Å². The van der Waals surface area contributed by atoms with Crippen molar-refractivity contribution in [3.63, 3.8) is 0 Å². The lowest BCUT2D eigenvalue weighted by Gasteiger charge is -2.20. The summed E-state index contributed by atoms with van der Waals surface area (Å²) in [6.07, 6.45) is 1.86. The van der Waals surface area contributed by atoms with Crippen molar-refractivity contribution < 1.29 is 14.7 Å². The minimum absolute atomic E-state index is 0.326. The predicted octanol–water partition coefficient (Wildman–Crippen LogP) is 0.858. The molecule has 0 saturated carbocycles. The summed E-state index contributed by atoms with van der Waals surface area (Å²) in [6.45, 7) is 3.87. The van der Waals surface area contributed by atoms with Gasteiger partial charge in [-0.1, -0.05) is 15.9 Å². The minimum Gasteiger partial charge on any atom is -0.480 e. The molecule has 0 aromatic carbocycles. The molecule has 6 heteroatoms. The van der Waals surface area contributed by atoms with Crippen LogP contribution in [0, 0.1) is 0 Å². The molecule has 0 fully saturated rings. The van der Waals surface area contributed by atoms with Gasteiger partial charge < -0.3 is 16.2 Å². The number of carboxylic acids is 1. The predicted molar refractivity (Wildman–Crippen MR) is 65.5 cm³/mol. The number of halogens is 1. The number of hydrogen-bond donors (Lipinski definition) is 3. The maximum atomic E-state index is 11.6. The molecule has 0 aliphatic rings. The van der Waals surface area contributed by atoms with Gasteiger partial charge in [0.1, 0.15) is 6.04 Å². The summed E-state index contributed by atoms with van der Waals surface area (Å²) in [5.41, 5.74) is 5.32. The first-order valence-electron chi connectivity index (χ1n) is 5.21. The van der Waals surface area contributed by atoms with Gasteiger partial charge >= 0.3 is 5.97 Å². The third-order valence-electron chi connectivity index (χ3n) is 2.09. The van der Waals surface area contributed by atoms with E-state index < -0.39 is 16.3 Å². The van der Waals surface area contributed by atoms with Gasteiger partial charge in [0.2, 0.25) is 5.91 Å². The van der Waals surface area contributed by atoms with E-state index in [0.29, 0.717) is 19.4 Å². The Labute approximate surface area is 104 Å². The molecular formula is C10H19BrN2O3. The van der Waals surface area contributed by atoms with Gasteiger partial charge in [0.25, 0.3) is 0 Å². The second-order valence-electron chi connectivity index (χ2n) is 4.12. The fraction of sp³-hybridized carbons (Fsp3) is 0.800. The number of unbranched alkanes of at least 4 members (excludes halogenated alkanes) is 1. The van der Waals surface area contributed by atoms with Gasteiger partial charge in [-0.2, -0.15) is 0 Å². The van der Waals surface area contributed by atoms with Crippen LogP contribution in [-0.4, -0.2) is 33.9 Å². The Balaban J connectivity index is 4.24. The first kappa shape index (κ1) is 15.4. The van der Waals surface area contributed by atoms with Crippen LogP contribution in [0.1, 0.15) is 33.1 Å². The summed E-state index contributed by atoms with van der Waals surface area (Å²) in [5, 5.41) is 11.4. The van der Waals surface area contributed by atoms with Crippen molar-refractivity contribution in [2.24, 2.45) is 5.73 Å². The smallest absolute Gasteiger partial charge is 0.326 e. The molecule has 0 radical (unpaired) electrons. The number of carbonyl (C=O) groups excluding carboxylic acids is 1. The molecule has 16 heavy (non-hydrogen) atoms. The maximum absolute atomic E-state index is 11.6. The zero-order valence-electron chi connectivity index (χ0n) is 9.62. The van der Waals surface area contributed by atoms with Crippen LogP contribution in [0.15, 0.2) is 0 Å². The summed E-state index contributed by atoms with van der Waals surface area (Å²) >= 11 is 3.18. The summed E-state index contributed by atoms with van der Waals surface area (Å²) in [6, 6.07) is -0.837. The zero-order chi connectivity index (χ0) is 12.8. The summed E-state index contributed by atoms with van der Waals surface area (Å²) < 4.78 is -0.755. The number of aliphatic carboxylic acids is 1. The first-order chi connectivity index (χ1) is 7.29. The van der Waals surface area contributed by atoms with Crippen LogP contribution in [0.3, 0.4) is 0 Å². The lowest BCUT2D eigenvalue weighted by molar-refractivity contribution is -0.142. The van der Waals surface area contributed by atoms with Crippen molar-refractivity contribution in [1.82, 2.24) is 5.32 Å². The molecule has 4 N–H and O–H groups in total. The van der Waals surface area contributed by atoms with E-state index in [9.17, 15) is 9.59 Å². The lowest BCUT2D eigenvalue weighted by atomic mass is 10.1. The van der Waals surface area contributed by atoms with Gasteiger partial charge in [-0.25, -0.2) is 4.79 Å². The zero-order valence-corrected chi connectivity index (χ0v) is 11.2. The third kappa shape index (κ3) is 6.07. The van der Waals surface area contributed by atoms with Crippen LogP contribution in [0.5, 0.6) is 0 Å². The van der Waals surface area contributed by atoms with Gasteiger partial charge in [-0.15, -0.1) is 0 Å². The molecule has 1 atom stereocenters. The van der Waals surface area contributed by atoms with Crippen molar-refractivity contribution in [3.8, 4) is 0 Å². The van der Waals surface area contributed by atoms with Crippen molar-refractivity contribution in [2.45, 2.75) is 43.5 Å². The molecule has 0 aromatic rings. The van der Waals surface area contributed by atoms with Gasteiger partial charge in [0, 0.05) is 0 Å². The van der Waals surface area contributed by atoms with E-state index in [0.717, 1.165) is 6.42 Å². The van der Waals surface area contributed by atoms with Gasteiger partial charge in [-0.3, -0.25) is 4.79 Å². The van der Waals surface area contributed by atoms with Crippen molar-refractivity contribution in [1.29, 1.82) is 0 Å². The number of carbonyl (C=O) groups is 2. The van der Waals surface area contributed by atoms with Crippen LogP contribution < -0.4 is 11.1 Å². The normalized spacial score (nSPS) is 13.2. The lowest BCUT2D eigenvalue weighted by Crippen LogP contribution is -2.47. The molecule has 0 bridgehead atoms. The van der Waals surface area contributed by atoms with Crippen LogP contribution in [0.2, 0.25) is 0 Å². The van der Waals surface area contributed by atoms with Gasteiger partial charge in [0.15, 0.2) is 0 Å². The molecule has 0 aromatic heterocycles. The van der Waals surface area contributed by atoms with E-state index in [4.69, 9.17) is 10.8 Å². The van der Waals surface area contributed by atoms with Gasteiger partial charge in [-0.05, 0) is 39.7 Å². The van der Waals surface area contributed by atoms with Crippen molar-refractivity contribution in [2.75, 3.05) is 6.54 Å². The molecule has 0 heterocycles. The molecule has 1 amide bonds. The molecule has 94 valence electrons. The largest absolute Gasteiger partial charge is 0.480 e. The number of alkyl halides is 1. The molecule has 0 aliphatic heterocycles. The number of nitrogens with two attached hydrogens (primary N) is 1. The van der Waals surface area contributed by atoms with Crippen LogP contribution in [0.4, 0.5) is 0 Å². The number of amides is 1. The highest BCUT2D eigenvalue weighted by Gasteiger charge is 2.28. The molecular weight excluding hydrogens is 276 g/mol. The highest BCUT2D eigenvalue weighted by atomic mass is 79.9. The molecule has 0 unspecified atom stereocenters. The molecule has 0 spiro atoms. The van der Waals surface area contributed by atoms with Crippen LogP contribution in [0.25, 0.3) is 0 Å². The fourth-order valence-corrected chi connectivity index (χ4v) is 1.19. The van der Waals surface area contributed by atoms with E-state index in [1.165, 1.54) is 0 Å². The average Bonchev–Trinajstić information content (AvgIpc) is 2.14. The number of hydrogen-bond acceptors (Lipinski definition) is 3. The Morgan fingerprint density at radius 2 is 2.00 bits per heavy atom. The standard InChI is InChI=1S/C10H19BrN2O3/c1-10(2,11)9(16)13-7(8(14)15)5-3-4-6-12/h7H,3-6,12H2,1-2H3,(H,13,16)(H,14,15)/t7-/m0/s1. The average molecular weight is 295 g/mol. The first-order valence-corrected chi connectivity index (χ1v) is 6.01. The Kier molecular flexibility index (Phi) is 6.59. The van der Waals surface area contributed by atoms with Crippen LogP contribution in [-0.2, 0) is 9.59 Å². The number of carboxylic acid groups (broad SMARTS) is 1. The second-order valence-corrected chi connectivity index (χ2v) is 6.10. The molecule has 0 aliphatic carbocycles. The Morgan fingerprint density at radius 1 is 1.44 bits per heavy atom. The second kappa shape index (κ2) is 6.85. The van der Waals surface area contributed by atoms with Crippen molar-refractivity contribution >= 4 is 27.8 Å². The maximum Gasteiger partial charge on any atom is 0.326 e.